The highest BCUT2D eigenvalue weighted by Gasteiger charge is 2.06. The molecule has 0 fully saturated rings. The van der Waals surface area contributed by atoms with Crippen LogP contribution in [0.25, 0.3) is 0 Å². The lowest BCUT2D eigenvalue weighted by Crippen LogP contribution is -2.09. The molecular formula is C11H10N2O3. The molecule has 2 aromatic rings. The van der Waals surface area contributed by atoms with Crippen molar-refractivity contribution >= 4 is 0 Å². The normalized spacial score (nSPS) is 10.1. The molecule has 0 spiro atoms. The molecule has 0 aliphatic carbocycles. The monoisotopic (exact) mass is 218 g/mol. The van der Waals surface area contributed by atoms with Crippen LogP contribution in [0.1, 0.15) is 5.56 Å². The van der Waals surface area contributed by atoms with E-state index in [1.807, 2.05) is 0 Å². The summed E-state index contributed by atoms with van der Waals surface area (Å²) in [7, 11) is 0. The maximum atomic E-state index is 11.3. The van der Waals surface area contributed by atoms with Crippen molar-refractivity contribution in [3.63, 3.8) is 0 Å². The Morgan fingerprint density at radius 3 is 2.94 bits per heavy atom. The Kier molecular flexibility index (Phi) is 2.98. The first kappa shape index (κ1) is 10.4. The number of H-pyrrole nitrogens is 1. The molecule has 0 aliphatic rings. The Morgan fingerprint density at radius 2 is 2.19 bits per heavy atom. The highest BCUT2D eigenvalue weighted by atomic mass is 16.5. The fourth-order valence-electron chi connectivity index (χ4n) is 1.25. The second kappa shape index (κ2) is 4.59. The second-order valence-electron chi connectivity index (χ2n) is 3.09. The van der Waals surface area contributed by atoms with E-state index in [4.69, 9.17) is 9.84 Å². The lowest BCUT2D eigenvalue weighted by molar-refractivity contribution is 0.276. The molecule has 0 bridgehead atoms. The predicted molar refractivity (Wildman–Crippen MR) is 57.3 cm³/mol. The Hall–Kier alpha value is -2.14. The van der Waals surface area contributed by atoms with Crippen LogP contribution in [-0.2, 0) is 6.61 Å². The molecule has 2 N–H and O–H groups in total. The van der Waals surface area contributed by atoms with Crippen molar-refractivity contribution in [1.82, 2.24) is 9.97 Å². The summed E-state index contributed by atoms with van der Waals surface area (Å²) in [5.74, 6) is 0.387. The third-order valence-electron chi connectivity index (χ3n) is 2.02. The number of para-hydroxylation sites is 1. The smallest absolute Gasteiger partial charge is 0.311 e. The van der Waals surface area contributed by atoms with Crippen LogP contribution in [0, 0.1) is 0 Å². The number of nitrogens with zero attached hydrogens (tertiary/aromatic N) is 1. The van der Waals surface area contributed by atoms with E-state index < -0.39 is 5.56 Å². The summed E-state index contributed by atoms with van der Waals surface area (Å²) in [5.41, 5.74) is 0.197. The number of nitrogens with one attached hydrogen (secondary N) is 1. The molecular weight excluding hydrogens is 208 g/mol. The number of aliphatic hydroxyl groups excluding tert-OH is 1. The summed E-state index contributed by atoms with van der Waals surface area (Å²) in [5, 5.41) is 9.08. The Balaban J connectivity index is 2.34. The number of aliphatic hydroxyl groups is 1. The number of hydrogen-bond donors (Lipinski definition) is 2. The number of aromatic amines is 1. The lowest BCUT2D eigenvalue weighted by Gasteiger charge is -2.06. The largest absolute Gasteiger partial charge is 0.434 e. The van der Waals surface area contributed by atoms with Crippen molar-refractivity contribution in [2.75, 3.05) is 0 Å². The van der Waals surface area contributed by atoms with Gasteiger partial charge in [0, 0.05) is 18.0 Å². The van der Waals surface area contributed by atoms with Crippen LogP contribution in [0.3, 0.4) is 0 Å². The van der Waals surface area contributed by atoms with E-state index in [0.29, 0.717) is 11.3 Å². The molecule has 0 amide bonds. The van der Waals surface area contributed by atoms with E-state index in [1.165, 1.54) is 12.4 Å². The number of ether oxygens (including phenoxy) is 1. The molecule has 16 heavy (non-hydrogen) atoms. The Bertz CT molecular complexity index is 537. The minimum absolute atomic E-state index is 0.0385. The van der Waals surface area contributed by atoms with Crippen LogP contribution in [0.15, 0.2) is 41.5 Å². The maximum absolute atomic E-state index is 11.3. The fourth-order valence-corrected chi connectivity index (χ4v) is 1.25. The van der Waals surface area contributed by atoms with Gasteiger partial charge in [-0.1, -0.05) is 18.2 Å². The van der Waals surface area contributed by atoms with Crippen molar-refractivity contribution in [3.8, 4) is 11.6 Å². The molecule has 0 unspecified atom stereocenters. The van der Waals surface area contributed by atoms with Crippen molar-refractivity contribution in [2.24, 2.45) is 0 Å². The second-order valence-corrected chi connectivity index (χ2v) is 3.09. The topological polar surface area (TPSA) is 75.2 Å². The lowest BCUT2D eigenvalue weighted by atomic mass is 10.2. The highest BCUT2D eigenvalue weighted by molar-refractivity contribution is 5.35. The number of benzene rings is 1. The molecule has 5 nitrogen and oxygen atoms in total. The van der Waals surface area contributed by atoms with Crippen LogP contribution in [0.4, 0.5) is 0 Å². The average Bonchev–Trinajstić information content (AvgIpc) is 2.33. The first-order chi connectivity index (χ1) is 7.81. The van der Waals surface area contributed by atoms with Gasteiger partial charge in [0.05, 0.1) is 6.61 Å². The Morgan fingerprint density at radius 1 is 1.38 bits per heavy atom. The zero-order valence-electron chi connectivity index (χ0n) is 8.38. The molecule has 1 aromatic heterocycles. The summed E-state index contributed by atoms with van der Waals surface area (Å²) in [6.07, 6.45) is 2.85. The van der Waals surface area contributed by atoms with Gasteiger partial charge < -0.3 is 14.8 Å². The van der Waals surface area contributed by atoms with Crippen LogP contribution >= 0.6 is 0 Å². The zero-order valence-corrected chi connectivity index (χ0v) is 8.38. The molecule has 2 rings (SSSR count). The SMILES string of the molecule is O=c1[nH]ccnc1Oc1ccccc1CO. The fraction of sp³-hybridized carbons (Fsp3) is 0.0909. The average molecular weight is 218 g/mol. The minimum atomic E-state index is -0.407. The van der Waals surface area contributed by atoms with Gasteiger partial charge in [0.1, 0.15) is 5.75 Å². The molecule has 1 heterocycles. The van der Waals surface area contributed by atoms with Gasteiger partial charge in [-0.2, -0.15) is 0 Å². The van der Waals surface area contributed by atoms with Gasteiger partial charge in [-0.3, -0.25) is 4.79 Å². The van der Waals surface area contributed by atoms with E-state index in [2.05, 4.69) is 9.97 Å². The van der Waals surface area contributed by atoms with Crippen LogP contribution in [-0.4, -0.2) is 15.1 Å². The molecule has 5 heteroatoms. The van der Waals surface area contributed by atoms with Gasteiger partial charge in [0.2, 0.25) is 0 Å². The third-order valence-corrected chi connectivity index (χ3v) is 2.02. The van der Waals surface area contributed by atoms with Crippen LogP contribution in [0.5, 0.6) is 11.6 Å². The van der Waals surface area contributed by atoms with Crippen molar-refractivity contribution in [1.29, 1.82) is 0 Å². The van der Waals surface area contributed by atoms with Gasteiger partial charge in [0.25, 0.3) is 5.88 Å². The molecule has 0 radical (unpaired) electrons. The first-order valence-corrected chi connectivity index (χ1v) is 4.71. The van der Waals surface area contributed by atoms with Crippen molar-refractivity contribution < 1.29 is 9.84 Å². The summed E-state index contributed by atoms with van der Waals surface area (Å²) in [6, 6.07) is 6.92. The number of rotatable bonds is 3. The van der Waals surface area contributed by atoms with Gasteiger partial charge >= 0.3 is 5.56 Å². The van der Waals surface area contributed by atoms with Crippen molar-refractivity contribution in [3.05, 3.63) is 52.6 Å². The van der Waals surface area contributed by atoms with Gasteiger partial charge in [-0.05, 0) is 6.07 Å². The summed E-state index contributed by atoms with van der Waals surface area (Å²) < 4.78 is 5.32. The standard InChI is InChI=1S/C11H10N2O3/c14-7-8-3-1-2-4-9(8)16-11-10(15)12-5-6-13-11/h1-6,14H,7H2,(H,12,15). The Labute approximate surface area is 91.4 Å². The van der Waals surface area contributed by atoms with E-state index in [1.54, 1.807) is 24.3 Å². The van der Waals surface area contributed by atoms with E-state index >= 15 is 0 Å². The van der Waals surface area contributed by atoms with Crippen LogP contribution in [0.2, 0.25) is 0 Å². The molecule has 1 aromatic carbocycles. The molecule has 0 saturated carbocycles. The molecule has 0 atom stereocenters. The number of aromatic nitrogens is 2. The minimum Gasteiger partial charge on any atom is -0.434 e. The van der Waals surface area contributed by atoms with Crippen molar-refractivity contribution in [2.45, 2.75) is 6.61 Å². The van der Waals surface area contributed by atoms with Crippen LogP contribution < -0.4 is 10.3 Å². The van der Waals surface area contributed by atoms with E-state index in [9.17, 15) is 4.79 Å². The first-order valence-electron chi connectivity index (χ1n) is 4.71. The van der Waals surface area contributed by atoms with E-state index in [0.717, 1.165) is 0 Å². The van der Waals surface area contributed by atoms with Gasteiger partial charge in [-0.15, -0.1) is 0 Å². The summed E-state index contributed by atoms with van der Waals surface area (Å²) >= 11 is 0. The molecule has 0 aliphatic heterocycles. The summed E-state index contributed by atoms with van der Waals surface area (Å²) in [6.45, 7) is -0.152. The zero-order chi connectivity index (χ0) is 11.4. The molecule has 82 valence electrons. The number of hydrogen-bond acceptors (Lipinski definition) is 4. The van der Waals surface area contributed by atoms with Gasteiger partial charge in [-0.25, -0.2) is 4.98 Å². The highest BCUT2D eigenvalue weighted by Crippen LogP contribution is 2.21. The molecule has 0 saturated heterocycles. The quantitative estimate of drug-likeness (QED) is 0.807. The predicted octanol–water partition coefficient (Wildman–Crippen LogP) is 1.05. The maximum Gasteiger partial charge on any atom is 0.311 e. The van der Waals surface area contributed by atoms with E-state index in [-0.39, 0.29) is 12.5 Å². The summed E-state index contributed by atoms with van der Waals surface area (Å²) in [4.78, 5) is 17.6. The van der Waals surface area contributed by atoms with Gasteiger partial charge in [0.15, 0.2) is 0 Å². The third kappa shape index (κ3) is 2.09.